The Kier molecular flexibility index (Phi) is 4.20. The zero-order valence-corrected chi connectivity index (χ0v) is 11.5. The predicted octanol–water partition coefficient (Wildman–Crippen LogP) is 3.59. The van der Waals surface area contributed by atoms with Crippen LogP contribution in [0.15, 0.2) is 21.5 Å². The van der Waals surface area contributed by atoms with Gasteiger partial charge in [0.1, 0.15) is 5.82 Å². The van der Waals surface area contributed by atoms with E-state index < -0.39 is 0 Å². The first-order chi connectivity index (χ1) is 6.83. The summed E-state index contributed by atoms with van der Waals surface area (Å²) in [5, 5.41) is 0. The van der Waals surface area contributed by atoms with E-state index in [2.05, 4.69) is 15.9 Å². The molecule has 0 radical (unpaired) electrons. The van der Waals surface area contributed by atoms with E-state index in [0.717, 1.165) is 10.0 Å². The van der Waals surface area contributed by atoms with Gasteiger partial charge in [-0.1, -0.05) is 0 Å². The average Bonchev–Trinajstić information content (AvgIpc) is 1.99. The molecule has 0 amide bonds. The van der Waals surface area contributed by atoms with Crippen LogP contribution in [0.5, 0.6) is 0 Å². The van der Waals surface area contributed by atoms with Gasteiger partial charge in [-0.05, 0) is 60.2 Å². The first-order valence-electron chi connectivity index (χ1n) is 4.64. The van der Waals surface area contributed by atoms with Crippen LogP contribution in [0, 0.1) is 5.82 Å². The first-order valence-corrected chi connectivity index (χ1v) is 6.66. The molecule has 0 unspecified atom stereocenters. The van der Waals surface area contributed by atoms with Crippen molar-refractivity contribution in [3.63, 3.8) is 0 Å². The molecule has 4 heteroatoms. The maximum Gasteiger partial charge on any atom is 0.138 e. The van der Waals surface area contributed by atoms with Gasteiger partial charge in [-0.25, -0.2) is 4.39 Å². The van der Waals surface area contributed by atoms with Crippen LogP contribution in [0.1, 0.15) is 19.4 Å². The molecule has 0 saturated carbocycles. The van der Waals surface area contributed by atoms with Crippen molar-refractivity contribution >= 4 is 27.7 Å². The van der Waals surface area contributed by atoms with Gasteiger partial charge < -0.3 is 5.73 Å². The summed E-state index contributed by atoms with van der Waals surface area (Å²) in [6.45, 7) is 3.86. The van der Waals surface area contributed by atoms with Crippen molar-refractivity contribution in [1.29, 1.82) is 0 Å². The zero-order chi connectivity index (χ0) is 11.6. The van der Waals surface area contributed by atoms with E-state index >= 15 is 0 Å². The summed E-state index contributed by atoms with van der Waals surface area (Å²) in [6, 6.07) is 3.49. The second kappa shape index (κ2) is 4.85. The van der Waals surface area contributed by atoms with Crippen LogP contribution in [0.4, 0.5) is 4.39 Å². The Morgan fingerprint density at radius 2 is 2.07 bits per heavy atom. The second-order valence-electron chi connectivity index (χ2n) is 4.26. The molecule has 0 bridgehead atoms. The van der Waals surface area contributed by atoms with Crippen LogP contribution in [0.3, 0.4) is 0 Å². The molecule has 0 aromatic heterocycles. The van der Waals surface area contributed by atoms with E-state index in [-0.39, 0.29) is 11.4 Å². The molecular formula is C11H15BrFNS. The normalized spacial score (nSPS) is 11.9. The predicted molar refractivity (Wildman–Crippen MR) is 67.9 cm³/mol. The maximum absolute atomic E-state index is 13.6. The Balaban J connectivity index is 3.04. The molecule has 0 spiro atoms. The summed E-state index contributed by atoms with van der Waals surface area (Å²) in [7, 11) is 0. The Labute approximate surface area is 103 Å². The summed E-state index contributed by atoms with van der Waals surface area (Å²) >= 11 is 4.76. The molecule has 0 aliphatic heterocycles. The third-order valence-electron chi connectivity index (χ3n) is 1.92. The van der Waals surface area contributed by atoms with Crippen LogP contribution in [-0.4, -0.2) is 11.8 Å². The monoisotopic (exact) mass is 291 g/mol. The summed E-state index contributed by atoms with van der Waals surface area (Å²) in [4.78, 5) is 0.647. The van der Waals surface area contributed by atoms with Crippen molar-refractivity contribution < 1.29 is 4.39 Å². The number of thioether (sulfide) groups is 1. The molecule has 1 aromatic rings. The van der Waals surface area contributed by atoms with Gasteiger partial charge in [0.15, 0.2) is 0 Å². The molecule has 0 aliphatic carbocycles. The largest absolute Gasteiger partial charge is 0.325 e. The lowest BCUT2D eigenvalue weighted by Gasteiger charge is -2.19. The lowest BCUT2D eigenvalue weighted by atomic mass is 9.96. The zero-order valence-electron chi connectivity index (χ0n) is 9.10. The fourth-order valence-corrected chi connectivity index (χ4v) is 2.91. The number of nitrogens with two attached hydrogens (primary N) is 1. The van der Waals surface area contributed by atoms with Gasteiger partial charge in [0.25, 0.3) is 0 Å². The van der Waals surface area contributed by atoms with Crippen molar-refractivity contribution in [2.45, 2.75) is 30.7 Å². The van der Waals surface area contributed by atoms with Gasteiger partial charge in [-0.15, -0.1) is 11.8 Å². The van der Waals surface area contributed by atoms with Crippen molar-refractivity contribution in [1.82, 2.24) is 0 Å². The minimum absolute atomic E-state index is 0.184. The summed E-state index contributed by atoms with van der Waals surface area (Å²) < 4.78 is 14.4. The van der Waals surface area contributed by atoms with Crippen LogP contribution in [0.25, 0.3) is 0 Å². The average molecular weight is 292 g/mol. The Morgan fingerprint density at radius 3 is 2.47 bits per heavy atom. The first kappa shape index (κ1) is 13.0. The summed E-state index contributed by atoms with van der Waals surface area (Å²) in [6.07, 6.45) is 2.52. The SMILES string of the molecule is CSc1c(F)cc(CC(C)(C)N)cc1Br. The number of rotatable bonds is 3. The molecule has 0 aliphatic rings. The van der Waals surface area contributed by atoms with Gasteiger partial charge in [0.05, 0.1) is 4.90 Å². The third kappa shape index (κ3) is 3.78. The van der Waals surface area contributed by atoms with E-state index in [1.165, 1.54) is 11.8 Å². The second-order valence-corrected chi connectivity index (χ2v) is 5.93. The molecule has 15 heavy (non-hydrogen) atoms. The molecule has 1 rings (SSSR count). The highest BCUT2D eigenvalue weighted by Crippen LogP contribution is 2.30. The molecule has 0 heterocycles. The molecule has 1 nitrogen and oxygen atoms in total. The molecule has 0 fully saturated rings. The smallest absolute Gasteiger partial charge is 0.138 e. The molecular weight excluding hydrogens is 277 g/mol. The van der Waals surface area contributed by atoms with Crippen molar-refractivity contribution in [3.05, 3.63) is 28.0 Å². The van der Waals surface area contributed by atoms with Gasteiger partial charge in [-0.2, -0.15) is 0 Å². The van der Waals surface area contributed by atoms with Gasteiger partial charge in [0, 0.05) is 10.0 Å². The highest BCUT2D eigenvalue weighted by molar-refractivity contribution is 9.10. The van der Waals surface area contributed by atoms with Gasteiger partial charge in [-0.3, -0.25) is 0 Å². The van der Waals surface area contributed by atoms with Crippen LogP contribution in [0.2, 0.25) is 0 Å². The Morgan fingerprint density at radius 1 is 1.47 bits per heavy atom. The number of hydrogen-bond donors (Lipinski definition) is 1. The molecule has 1 aromatic carbocycles. The Hall–Kier alpha value is -0.0600. The molecule has 84 valence electrons. The highest BCUT2D eigenvalue weighted by Gasteiger charge is 2.15. The molecule has 0 atom stereocenters. The third-order valence-corrected chi connectivity index (χ3v) is 3.63. The minimum atomic E-state index is -0.313. The van der Waals surface area contributed by atoms with E-state index in [0.29, 0.717) is 11.3 Å². The minimum Gasteiger partial charge on any atom is -0.325 e. The fourth-order valence-electron chi connectivity index (χ4n) is 1.44. The van der Waals surface area contributed by atoms with Crippen LogP contribution in [-0.2, 0) is 6.42 Å². The number of halogens is 2. The van der Waals surface area contributed by atoms with Gasteiger partial charge >= 0.3 is 0 Å². The maximum atomic E-state index is 13.6. The molecule has 2 N–H and O–H groups in total. The summed E-state index contributed by atoms with van der Waals surface area (Å²) in [5.74, 6) is -0.184. The summed E-state index contributed by atoms with van der Waals surface area (Å²) in [5.41, 5.74) is 6.50. The lowest BCUT2D eigenvalue weighted by molar-refractivity contribution is 0.512. The van der Waals surface area contributed by atoms with Crippen molar-refractivity contribution in [3.8, 4) is 0 Å². The quantitative estimate of drug-likeness (QED) is 0.862. The Bertz CT molecular complexity index is 337. The van der Waals surface area contributed by atoms with Crippen molar-refractivity contribution in [2.24, 2.45) is 5.73 Å². The fraction of sp³-hybridized carbons (Fsp3) is 0.455. The van der Waals surface area contributed by atoms with E-state index in [1.54, 1.807) is 6.07 Å². The highest BCUT2D eigenvalue weighted by atomic mass is 79.9. The van der Waals surface area contributed by atoms with Crippen LogP contribution < -0.4 is 5.73 Å². The topological polar surface area (TPSA) is 26.0 Å². The standard InChI is InChI=1S/C11H15BrFNS/c1-11(2,14)6-7-4-8(12)10(15-3)9(13)5-7/h4-5H,6,14H2,1-3H3. The van der Waals surface area contributed by atoms with E-state index in [4.69, 9.17) is 5.73 Å². The number of hydrogen-bond acceptors (Lipinski definition) is 2. The lowest BCUT2D eigenvalue weighted by Crippen LogP contribution is -2.34. The van der Waals surface area contributed by atoms with Crippen LogP contribution >= 0.6 is 27.7 Å². The van der Waals surface area contributed by atoms with E-state index in [9.17, 15) is 4.39 Å². The molecule has 0 saturated heterocycles. The number of benzene rings is 1. The van der Waals surface area contributed by atoms with E-state index in [1.807, 2.05) is 26.2 Å². The van der Waals surface area contributed by atoms with Crippen molar-refractivity contribution in [2.75, 3.05) is 6.26 Å². The van der Waals surface area contributed by atoms with Gasteiger partial charge in [0.2, 0.25) is 0 Å².